The highest BCUT2D eigenvalue weighted by Gasteiger charge is 2.27. The normalized spacial score (nSPS) is 12.8. The van der Waals surface area contributed by atoms with Crippen LogP contribution in [-0.2, 0) is 22.7 Å². The minimum Gasteiger partial charge on any atom is -0.356 e. The number of anilines is 1. The smallest absolute Gasteiger partial charge is 0.256 e. The van der Waals surface area contributed by atoms with E-state index >= 15 is 0 Å². The largest absolute Gasteiger partial charge is 0.356 e. The number of benzene rings is 2. The number of aromatic nitrogens is 1. The number of halogens is 2. The van der Waals surface area contributed by atoms with Crippen molar-refractivity contribution in [2.45, 2.75) is 53.1 Å². The van der Waals surface area contributed by atoms with Crippen molar-refractivity contribution in [3.8, 4) is 0 Å². The summed E-state index contributed by atoms with van der Waals surface area (Å²) in [6, 6.07) is 8.53. The summed E-state index contributed by atoms with van der Waals surface area (Å²) in [4.78, 5) is 28.0. The van der Waals surface area contributed by atoms with E-state index in [1.165, 1.54) is 12.1 Å². The molecule has 0 atom stereocenters. The molecule has 37 heavy (non-hydrogen) atoms. The van der Waals surface area contributed by atoms with E-state index in [1.807, 2.05) is 31.0 Å². The van der Waals surface area contributed by atoms with Gasteiger partial charge in [-0.25, -0.2) is 9.40 Å². The zero-order valence-corrected chi connectivity index (χ0v) is 22.7. The maximum Gasteiger partial charge on any atom is 0.256 e. The number of hydrazine groups is 1. The molecule has 0 saturated carbocycles. The van der Waals surface area contributed by atoms with Crippen LogP contribution in [0.2, 0.25) is 0 Å². The van der Waals surface area contributed by atoms with Gasteiger partial charge in [-0.1, -0.05) is 31.0 Å². The molecule has 2 aromatic carbocycles. The Hall–Kier alpha value is -3.17. The summed E-state index contributed by atoms with van der Waals surface area (Å²) in [6.07, 6.45) is 3.05. The molecule has 0 fully saturated rings. The van der Waals surface area contributed by atoms with Crippen molar-refractivity contribution in [3.63, 3.8) is 0 Å². The second-order valence-corrected chi connectivity index (χ2v) is 9.47. The van der Waals surface area contributed by atoms with E-state index < -0.39 is 0 Å². The fourth-order valence-electron chi connectivity index (χ4n) is 4.58. The zero-order chi connectivity index (χ0) is 25.8. The van der Waals surface area contributed by atoms with Gasteiger partial charge in [-0.3, -0.25) is 14.6 Å². The fraction of sp³-hybridized carbons (Fsp3) is 0.444. The van der Waals surface area contributed by atoms with E-state index in [9.17, 15) is 14.0 Å². The molecule has 4 rings (SSSR count). The zero-order valence-electron chi connectivity index (χ0n) is 21.8. The summed E-state index contributed by atoms with van der Waals surface area (Å²) in [5.74, 6) is -0.594. The summed E-state index contributed by atoms with van der Waals surface area (Å²) in [5, 5.41) is 11.4. The number of rotatable bonds is 10. The molecule has 2 amide bonds. The average Bonchev–Trinajstić information content (AvgIpc) is 3.43. The Morgan fingerprint density at radius 1 is 1.11 bits per heavy atom. The standard InChI is InChI=1S/C27H34FN5O3.ClH/c1-5-6-7-10-29-26(34)16-32(24-13-25-23(11-18(24)2)19(3)30-36-25)17-27(35)31(4)33-14-20-8-9-22(28)12-21(20)15-33;/h8-9,11-13H,5-7,10,14-17H2,1-4H3,(H,29,34);1H. The van der Waals surface area contributed by atoms with E-state index in [0.29, 0.717) is 25.2 Å². The first kappa shape index (κ1) is 28.4. The van der Waals surface area contributed by atoms with Crippen LogP contribution in [0.4, 0.5) is 10.1 Å². The van der Waals surface area contributed by atoms with E-state index in [-0.39, 0.29) is 43.1 Å². The highest BCUT2D eigenvalue weighted by Crippen LogP contribution is 2.29. The van der Waals surface area contributed by atoms with Gasteiger partial charge in [0, 0.05) is 43.8 Å². The van der Waals surface area contributed by atoms with Crippen LogP contribution >= 0.6 is 12.4 Å². The predicted molar refractivity (Wildman–Crippen MR) is 144 cm³/mol. The molecule has 0 radical (unpaired) electrons. The second kappa shape index (κ2) is 12.4. The number of aryl methyl sites for hydroxylation is 2. The average molecular weight is 532 g/mol. The van der Waals surface area contributed by atoms with Gasteiger partial charge in [0.1, 0.15) is 5.82 Å². The first-order chi connectivity index (χ1) is 17.3. The lowest BCUT2D eigenvalue weighted by Crippen LogP contribution is -2.48. The molecule has 0 saturated heterocycles. The third-order valence-corrected chi connectivity index (χ3v) is 6.73. The maximum atomic E-state index is 13.7. The summed E-state index contributed by atoms with van der Waals surface area (Å²) in [5.41, 5.74) is 4.95. The minimum absolute atomic E-state index is 0. The molecule has 1 aliphatic rings. The summed E-state index contributed by atoms with van der Waals surface area (Å²) in [7, 11) is 1.71. The van der Waals surface area contributed by atoms with Crippen LogP contribution in [0.5, 0.6) is 0 Å². The van der Waals surface area contributed by atoms with Gasteiger partial charge in [0.25, 0.3) is 5.91 Å². The molecule has 0 unspecified atom stereocenters. The molecule has 0 bridgehead atoms. The van der Waals surface area contributed by atoms with Crippen molar-refractivity contribution >= 4 is 40.9 Å². The van der Waals surface area contributed by atoms with Crippen molar-refractivity contribution in [2.75, 3.05) is 31.6 Å². The molecule has 2 heterocycles. The third kappa shape index (κ3) is 6.59. The van der Waals surface area contributed by atoms with Gasteiger partial charge in [-0.05, 0) is 55.2 Å². The Kier molecular flexibility index (Phi) is 9.50. The van der Waals surface area contributed by atoms with Crippen LogP contribution in [-0.4, -0.2) is 53.7 Å². The van der Waals surface area contributed by atoms with Crippen molar-refractivity contribution < 1.29 is 18.5 Å². The van der Waals surface area contributed by atoms with Crippen molar-refractivity contribution in [2.24, 2.45) is 0 Å². The Bertz CT molecular complexity index is 1260. The van der Waals surface area contributed by atoms with Gasteiger partial charge in [0.2, 0.25) is 5.91 Å². The molecular formula is C27H35ClFN5O3. The van der Waals surface area contributed by atoms with Gasteiger partial charge in [-0.2, -0.15) is 0 Å². The summed E-state index contributed by atoms with van der Waals surface area (Å²) >= 11 is 0. The number of likely N-dealkylation sites (N-methyl/N-ethyl adjacent to an activating group) is 1. The molecule has 1 aliphatic heterocycles. The molecule has 1 N–H and O–H groups in total. The first-order valence-corrected chi connectivity index (χ1v) is 12.4. The maximum absolute atomic E-state index is 13.7. The van der Waals surface area contributed by atoms with Gasteiger partial charge in [-0.15, -0.1) is 12.4 Å². The highest BCUT2D eigenvalue weighted by molar-refractivity contribution is 5.90. The summed E-state index contributed by atoms with van der Waals surface area (Å²) in [6.45, 7) is 7.57. The lowest BCUT2D eigenvalue weighted by Gasteiger charge is -2.31. The molecule has 0 aliphatic carbocycles. The van der Waals surface area contributed by atoms with Crippen LogP contribution in [0.3, 0.4) is 0 Å². The van der Waals surface area contributed by atoms with Crippen LogP contribution in [0, 0.1) is 19.7 Å². The predicted octanol–water partition coefficient (Wildman–Crippen LogP) is 4.51. The Morgan fingerprint density at radius 2 is 1.86 bits per heavy atom. The van der Waals surface area contributed by atoms with Crippen LogP contribution < -0.4 is 10.2 Å². The lowest BCUT2D eigenvalue weighted by molar-refractivity contribution is -0.145. The SMILES string of the molecule is CCCCCNC(=O)CN(CC(=O)N(C)N1Cc2ccc(F)cc2C1)c1cc2onc(C)c2cc1C.Cl. The van der Waals surface area contributed by atoms with Crippen molar-refractivity contribution in [1.29, 1.82) is 0 Å². The number of nitrogens with one attached hydrogen (secondary N) is 1. The van der Waals surface area contributed by atoms with E-state index in [0.717, 1.165) is 52.7 Å². The van der Waals surface area contributed by atoms with Gasteiger partial charge in [0.05, 0.1) is 18.8 Å². The number of carbonyl (C=O) groups is 2. The molecule has 0 spiro atoms. The molecule has 8 nitrogen and oxygen atoms in total. The topological polar surface area (TPSA) is 81.9 Å². The summed E-state index contributed by atoms with van der Waals surface area (Å²) < 4.78 is 19.1. The quantitative estimate of drug-likeness (QED) is 0.388. The minimum atomic E-state index is -0.283. The molecule has 200 valence electrons. The van der Waals surface area contributed by atoms with Crippen LogP contribution in [0.15, 0.2) is 34.9 Å². The van der Waals surface area contributed by atoms with Crippen LogP contribution in [0.1, 0.15) is 48.6 Å². The number of nitrogens with zero attached hydrogens (tertiary/aromatic N) is 4. The van der Waals surface area contributed by atoms with Crippen LogP contribution in [0.25, 0.3) is 11.0 Å². The number of amides is 2. The van der Waals surface area contributed by atoms with Crippen molar-refractivity contribution in [3.05, 3.63) is 58.5 Å². The number of fused-ring (bicyclic) bond motifs is 2. The Morgan fingerprint density at radius 3 is 2.62 bits per heavy atom. The molecule has 10 heteroatoms. The van der Waals surface area contributed by atoms with Gasteiger partial charge >= 0.3 is 0 Å². The van der Waals surface area contributed by atoms with E-state index in [1.54, 1.807) is 23.0 Å². The first-order valence-electron chi connectivity index (χ1n) is 12.4. The van der Waals surface area contributed by atoms with E-state index in [2.05, 4.69) is 17.4 Å². The Balaban J connectivity index is 0.00000380. The second-order valence-electron chi connectivity index (χ2n) is 9.47. The van der Waals surface area contributed by atoms with E-state index in [4.69, 9.17) is 4.52 Å². The van der Waals surface area contributed by atoms with Crippen molar-refractivity contribution in [1.82, 2.24) is 20.5 Å². The fourth-order valence-corrected chi connectivity index (χ4v) is 4.58. The molecular weight excluding hydrogens is 497 g/mol. The number of unbranched alkanes of at least 4 members (excludes halogenated alkanes) is 2. The molecule has 3 aromatic rings. The highest BCUT2D eigenvalue weighted by atomic mass is 35.5. The number of carbonyl (C=O) groups excluding carboxylic acids is 2. The number of hydrogen-bond donors (Lipinski definition) is 1. The van der Waals surface area contributed by atoms with Gasteiger partial charge in [0.15, 0.2) is 5.58 Å². The third-order valence-electron chi connectivity index (χ3n) is 6.73. The van der Waals surface area contributed by atoms with Gasteiger partial charge < -0.3 is 14.7 Å². The monoisotopic (exact) mass is 531 g/mol. The number of hydrogen-bond acceptors (Lipinski definition) is 6. The Labute approximate surface area is 223 Å². The lowest BCUT2D eigenvalue weighted by atomic mass is 10.1. The molecule has 1 aromatic heterocycles.